The van der Waals surface area contributed by atoms with Crippen molar-refractivity contribution in [2.75, 3.05) is 26.1 Å². The van der Waals surface area contributed by atoms with Crippen LogP contribution in [0, 0.1) is 11.6 Å². The summed E-state index contributed by atoms with van der Waals surface area (Å²) in [5.74, 6) is -3.60. The highest BCUT2D eigenvalue weighted by molar-refractivity contribution is 7.89. The average molecular weight is 675 g/mol. The number of carbonyl (C=O) groups excluding carboxylic acids is 1. The van der Waals surface area contributed by atoms with Crippen molar-refractivity contribution in [3.8, 4) is 0 Å². The van der Waals surface area contributed by atoms with E-state index in [9.17, 15) is 22.0 Å². The Kier molecular flexibility index (Phi) is 10.7. The highest BCUT2D eigenvalue weighted by Crippen LogP contribution is 2.36. The molecule has 0 fully saturated rings. The second-order valence-corrected chi connectivity index (χ2v) is 20.9. The van der Waals surface area contributed by atoms with Crippen molar-refractivity contribution >= 4 is 53.7 Å². The molecular formula is C29H38ClF3N4O5SSi. The van der Waals surface area contributed by atoms with Gasteiger partial charge in [-0.25, -0.2) is 40.6 Å². The molecule has 0 unspecified atom stereocenters. The maximum absolute atomic E-state index is 15.4. The lowest BCUT2D eigenvalue weighted by Crippen LogP contribution is -2.56. The summed E-state index contributed by atoms with van der Waals surface area (Å²) in [6, 6.07) is 5.15. The van der Waals surface area contributed by atoms with Gasteiger partial charge in [-0.15, -0.1) is 0 Å². The molecule has 0 bridgehead atoms. The molecule has 15 heteroatoms. The molecule has 0 spiro atoms. The third-order valence-electron chi connectivity index (χ3n) is 6.50. The molecule has 0 aliphatic carbocycles. The Hall–Kier alpha value is -2.94. The van der Waals surface area contributed by atoms with Crippen molar-refractivity contribution < 1.29 is 35.9 Å². The minimum Gasteiger partial charge on any atom is -0.443 e. The van der Waals surface area contributed by atoms with E-state index in [2.05, 4.69) is 29.6 Å². The molecule has 242 valence electrons. The topological polar surface area (TPSA) is 101 Å². The number of halogens is 4. The number of aromatic nitrogens is 1. The molecule has 0 N–H and O–H groups in total. The molecule has 1 aliphatic rings. The van der Waals surface area contributed by atoms with E-state index in [1.165, 1.54) is 26.1 Å². The summed E-state index contributed by atoms with van der Waals surface area (Å²) in [6.07, 6.45) is 1.05. The summed E-state index contributed by atoms with van der Waals surface area (Å²) in [5.41, 5.74) is -3.07. The predicted molar refractivity (Wildman–Crippen MR) is 168 cm³/mol. The van der Waals surface area contributed by atoms with Gasteiger partial charge in [-0.1, -0.05) is 37.3 Å². The van der Waals surface area contributed by atoms with Gasteiger partial charge in [0.2, 0.25) is 16.0 Å². The Bertz CT molecular complexity index is 1580. The summed E-state index contributed by atoms with van der Waals surface area (Å²) in [4.78, 5) is 22.7. The number of benzene rings is 1. The standard InChI is InChI=1S/C29H38ClF3N4O5SSi/c1-28(2,3)42-27(38)37(18-41-11-12-44(6,7)8)26-35-29(4,17-43(39,40)36(26)5)20-13-19(9-10-22(20)31)14-24(33)25-15-23(32)21(30)16-34-25/h9-10,13-16H,11-12,17-18H2,1-8H3/b24-14-/t29-/m0/s1. The Morgan fingerprint density at radius 2 is 1.86 bits per heavy atom. The number of sulfonamides is 1. The first kappa shape index (κ1) is 35.5. The van der Waals surface area contributed by atoms with Gasteiger partial charge in [0.15, 0.2) is 0 Å². The van der Waals surface area contributed by atoms with Crippen LogP contribution in [-0.4, -0.2) is 74.5 Å². The SMILES string of the molecule is CN1C(N(COCC[Si](C)(C)C)C(=O)OC(C)(C)C)=N[C@](C)(c2cc(/C=C(\F)c3cc(F)c(Cl)cn3)ccc2F)CS1(=O)=O. The van der Waals surface area contributed by atoms with E-state index in [4.69, 9.17) is 21.1 Å². The Morgan fingerprint density at radius 3 is 2.45 bits per heavy atom. The van der Waals surface area contributed by atoms with Crippen LogP contribution in [0.3, 0.4) is 0 Å². The van der Waals surface area contributed by atoms with Gasteiger partial charge in [-0.3, -0.25) is 4.98 Å². The van der Waals surface area contributed by atoms with Gasteiger partial charge in [0, 0.05) is 39.6 Å². The number of ether oxygens (including phenoxy) is 2. The van der Waals surface area contributed by atoms with E-state index in [1.807, 2.05) is 0 Å². The Balaban J connectivity index is 2.09. The third-order valence-corrected chi connectivity index (χ3v) is 10.4. The monoisotopic (exact) mass is 674 g/mol. The zero-order valence-electron chi connectivity index (χ0n) is 26.0. The highest BCUT2D eigenvalue weighted by atomic mass is 35.5. The van der Waals surface area contributed by atoms with E-state index in [-0.39, 0.29) is 34.5 Å². The fraction of sp³-hybridized carbons (Fsp3) is 0.483. The quantitative estimate of drug-likeness (QED) is 0.172. The molecule has 1 aliphatic heterocycles. The molecule has 0 saturated heterocycles. The average Bonchev–Trinajstić information content (AvgIpc) is 2.87. The summed E-state index contributed by atoms with van der Waals surface area (Å²) in [5, 5.41) is -0.280. The largest absolute Gasteiger partial charge is 0.443 e. The van der Waals surface area contributed by atoms with Crippen molar-refractivity contribution in [3.63, 3.8) is 0 Å². The number of pyridine rings is 1. The van der Waals surface area contributed by atoms with Gasteiger partial charge < -0.3 is 9.47 Å². The van der Waals surface area contributed by atoms with Crippen molar-refractivity contribution in [2.24, 2.45) is 4.99 Å². The minimum atomic E-state index is -4.16. The van der Waals surface area contributed by atoms with Crippen LogP contribution in [-0.2, 0) is 25.0 Å². The maximum atomic E-state index is 15.4. The summed E-state index contributed by atoms with van der Waals surface area (Å²) in [6.45, 7) is 12.8. The normalized spacial score (nSPS) is 19.0. The molecule has 3 rings (SSSR count). The molecular weight excluding hydrogens is 637 g/mol. The number of hydrogen-bond donors (Lipinski definition) is 0. The number of aliphatic imine (C=N–C) groups is 1. The van der Waals surface area contributed by atoms with Gasteiger partial charge in [0.05, 0.1) is 10.8 Å². The Morgan fingerprint density at radius 1 is 1.20 bits per heavy atom. The molecule has 1 aromatic heterocycles. The predicted octanol–water partition coefficient (Wildman–Crippen LogP) is 6.88. The number of amides is 1. The van der Waals surface area contributed by atoms with Crippen molar-refractivity contribution in [3.05, 3.63) is 63.9 Å². The molecule has 0 radical (unpaired) electrons. The molecule has 1 amide bonds. The first-order valence-corrected chi connectivity index (χ1v) is 19.4. The lowest BCUT2D eigenvalue weighted by molar-refractivity contribution is 0.00806. The summed E-state index contributed by atoms with van der Waals surface area (Å²) >= 11 is 5.63. The molecule has 2 aromatic rings. The lowest BCUT2D eigenvalue weighted by Gasteiger charge is -2.39. The maximum Gasteiger partial charge on any atom is 0.419 e. The fourth-order valence-corrected chi connectivity index (χ4v) is 6.49. The van der Waals surface area contributed by atoms with Crippen LogP contribution in [0.5, 0.6) is 0 Å². The lowest BCUT2D eigenvalue weighted by atomic mass is 9.92. The zero-order chi connectivity index (χ0) is 33.3. The minimum absolute atomic E-state index is 0.129. The molecule has 1 atom stereocenters. The van der Waals surface area contributed by atoms with Crippen LogP contribution in [0.25, 0.3) is 11.9 Å². The van der Waals surface area contributed by atoms with Crippen LogP contribution in [0.4, 0.5) is 18.0 Å². The Labute approximate surface area is 262 Å². The van der Waals surface area contributed by atoms with Crippen LogP contribution in [0.15, 0.2) is 35.5 Å². The summed E-state index contributed by atoms with van der Waals surface area (Å²) in [7, 11) is -4.42. The molecule has 44 heavy (non-hydrogen) atoms. The van der Waals surface area contributed by atoms with Gasteiger partial charge in [0.25, 0.3) is 0 Å². The van der Waals surface area contributed by atoms with E-state index in [1.54, 1.807) is 20.8 Å². The summed E-state index contributed by atoms with van der Waals surface area (Å²) < 4.78 is 83.3. The fourth-order valence-electron chi connectivity index (χ4n) is 4.12. The second kappa shape index (κ2) is 13.2. The van der Waals surface area contributed by atoms with Gasteiger partial charge in [0.1, 0.15) is 41.0 Å². The van der Waals surface area contributed by atoms with Crippen molar-refractivity contribution in [1.82, 2.24) is 14.2 Å². The van der Waals surface area contributed by atoms with E-state index < -0.39 is 58.5 Å². The molecule has 1 aromatic carbocycles. The van der Waals surface area contributed by atoms with Gasteiger partial charge >= 0.3 is 6.09 Å². The van der Waals surface area contributed by atoms with E-state index in [0.29, 0.717) is 6.61 Å². The van der Waals surface area contributed by atoms with E-state index in [0.717, 1.165) is 39.7 Å². The van der Waals surface area contributed by atoms with Gasteiger partial charge in [-0.2, -0.15) is 0 Å². The number of nitrogens with zero attached hydrogens (tertiary/aromatic N) is 4. The number of rotatable bonds is 8. The van der Waals surface area contributed by atoms with Crippen molar-refractivity contribution in [2.45, 2.75) is 64.5 Å². The molecule has 9 nitrogen and oxygen atoms in total. The smallest absolute Gasteiger partial charge is 0.419 e. The second-order valence-electron chi connectivity index (χ2n) is 12.9. The first-order chi connectivity index (χ1) is 20.1. The van der Waals surface area contributed by atoms with Crippen molar-refractivity contribution in [1.29, 1.82) is 0 Å². The van der Waals surface area contributed by atoms with Crippen LogP contribution in [0.1, 0.15) is 44.5 Å². The highest BCUT2D eigenvalue weighted by Gasteiger charge is 2.45. The number of carbonyl (C=O) groups is 1. The number of hydrogen-bond acceptors (Lipinski definition) is 7. The van der Waals surface area contributed by atoms with E-state index >= 15 is 4.39 Å². The zero-order valence-corrected chi connectivity index (χ0v) is 28.6. The third kappa shape index (κ3) is 9.05. The first-order valence-electron chi connectivity index (χ1n) is 13.8. The van der Waals surface area contributed by atoms with Crippen LogP contribution >= 0.6 is 11.6 Å². The van der Waals surface area contributed by atoms with Crippen LogP contribution in [0.2, 0.25) is 30.7 Å². The van der Waals surface area contributed by atoms with Gasteiger partial charge in [-0.05, 0) is 57.5 Å². The number of guanidine groups is 1. The molecule has 0 saturated carbocycles. The molecule has 2 heterocycles. The van der Waals surface area contributed by atoms with Crippen LogP contribution < -0.4 is 0 Å².